The van der Waals surface area contributed by atoms with Gasteiger partial charge >= 0.3 is 5.97 Å². The van der Waals surface area contributed by atoms with Crippen LogP contribution in [-0.2, 0) is 14.3 Å². The van der Waals surface area contributed by atoms with Crippen molar-refractivity contribution in [1.82, 2.24) is 0 Å². The van der Waals surface area contributed by atoms with Gasteiger partial charge in [-0.3, -0.25) is 9.59 Å². The molecule has 1 aliphatic carbocycles. The summed E-state index contributed by atoms with van der Waals surface area (Å²) >= 11 is 0. The van der Waals surface area contributed by atoms with Gasteiger partial charge in [-0.15, -0.1) is 0 Å². The standard InChI is InChI=1S/C13H15NO4/c15-11-6-4-10(5-7-11)14-12(16)8-18-13(17)9-2-1-3-9/h4-7,9,15H,1-3,8H2,(H,14,16). The quantitative estimate of drug-likeness (QED) is 0.628. The number of phenolic OH excluding ortho intramolecular Hbond substituents is 1. The van der Waals surface area contributed by atoms with Crippen LogP contribution in [0.3, 0.4) is 0 Å². The third kappa shape index (κ3) is 3.23. The number of hydrogen-bond acceptors (Lipinski definition) is 4. The maximum Gasteiger partial charge on any atom is 0.309 e. The van der Waals surface area contributed by atoms with Crippen LogP contribution in [-0.4, -0.2) is 23.6 Å². The number of hydrogen-bond donors (Lipinski definition) is 2. The molecule has 1 fully saturated rings. The molecule has 2 N–H and O–H groups in total. The van der Waals surface area contributed by atoms with Crippen molar-refractivity contribution in [2.45, 2.75) is 19.3 Å². The van der Waals surface area contributed by atoms with E-state index in [1.54, 1.807) is 12.1 Å². The number of benzene rings is 1. The molecule has 0 heterocycles. The second kappa shape index (κ2) is 5.53. The van der Waals surface area contributed by atoms with Crippen LogP contribution >= 0.6 is 0 Å². The number of phenols is 1. The summed E-state index contributed by atoms with van der Waals surface area (Å²) in [4.78, 5) is 22.9. The lowest BCUT2D eigenvalue weighted by molar-refractivity contribution is -0.154. The number of rotatable bonds is 4. The fourth-order valence-corrected chi connectivity index (χ4v) is 1.64. The molecular formula is C13H15NO4. The van der Waals surface area contributed by atoms with Gasteiger partial charge in [-0.05, 0) is 37.1 Å². The zero-order valence-corrected chi connectivity index (χ0v) is 9.89. The third-order valence-electron chi connectivity index (χ3n) is 2.94. The summed E-state index contributed by atoms with van der Waals surface area (Å²) in [5.41, 5.74) is 0.553. The predicted molar refractivity (Wildman–Crippen MR) is 65.0 cm³/mol. The van der Waals surface area contributed by atoms with Gasteiger partial charge in [-0.2, -0.15) is 0 Å². The van der Waals surface area contributed by atoms with Gasteiger partial charge in [0.25, 0.3) is 5.91 Å². The monoisotopic (exact) mass is 249 g/mol. The van der Waals surface area contributed by atoms with Crippen molar-refractivity contribution >= 4 is 17.6 Å². The lowest BCUT2D eigenvalue weighted by atomic mass is 9.86. The van der Waals surface area contributed by atoms with Crippen LogP contribution in [0.5, 0.6) is 5.75 Å². The Morgan fingerprint density at radius 3 is 2.50 bits per heavy atom. The first kappa shape index (κ1) is 12.4. The lowest BCUT2D eigenvalue weighted by Gasteiger charge is -2.22. The zero-order valence-electron chi connectivity index (χ0n) is 9.89. The molecule has 18 heavy (non-hydrogen) atoms. The first-order valence-corrected chi connectivity index (χ1v) is 5.90. The molecule has 0 aliphatic heterocycles. The van der Waals surface area contributed by atoms with Gasteiger partial charge in [-0.25, -0.2) is 0 Å². The van der Waals surface area contributed by atoms with Crippen molar-refractivity contribution in [3.8, 4) is 5.75 Å². The molecule has 1 aliphatic rings. The van der Waals surface area contributed by atoms with Crippen molar-refractivity contribution in [3.63, 3.8) is 0 Å². The van der Waals surface area contributed by atoms with Gasteiger partial charge in [0.1, 0.15) is 5.75 Å². The summed E-state index contributed by atoms with van der Waals surface area (Å²) in [7, 11) is 0. The summed E-state index contributed by atoms with van der Waals surface area (Å²) in [5, 5.41) is 11.7. The molecule has 0 atom stereocenters. The van der Waals surface area contributed by atoms with Crippen LogP contribution in [0.4, 0.5) is 5.69 Å². The highest BCUT2D eigenvalue weighted by Gasteiger charge is 2.26. The van der Waals surface area contributed by atoms with Crippen molar-refractivity contribution in [3.05, 3.63) is 24.3 Å². The highest BCUT2D eigenvalue weighted by Crippen LogP contribution is 2.27. The van der Waals surface area contributed by atoms with E-state index in [2.05, 4.69) is 5.32 Å². The molecule has 0 bridgehead atoms. The molecule has 0 saturated heterocycles. The molecule has 5 heteroatoms. The number of esters is 1. The maximum atomic E-state index is 11.5. The fraction of sp³-hybridized carbons (Fsp3) is 0.385. The van der Waals surface area contributed by atoms with Gasteiger partial charge in [0, 0.05) is 5.69 Å². The molecule has 0 unspecified atom stereocenters. The highest BCUT2D eigenvalue weighted by molar-refractivity contribution is 5.92. The van der Waals surface area contributed by atoms with Crippen molar-refractivity contribution < 1.29 is 19.4 Å². The number of anilines is 1. The van der Waals surface area contributed by atoms with E-state index < -0.39 is 0 Å². The van der Waals surface area contributed by atoms with Gasteiger partial charge in [-0.1, -0.05) is 6.42 Å². The number of carbonyl (C=O) groups is 2. The molecule has 96 valence electrons. The smallest absolute Gasteiger partial charge is 0.309 e. The van der Waals surface area contributed by atoms with Crippen LogP contribution in [0, 0.1) is 5.92 Å². The Labute approximate surface area is 105 Å². The number of aromatic hydroxyl groups is 1. The zero-order chi connectivity index (χ0) is 13.0. The van der Waals surface area contributed by atoms with Crippen molar-refractivity contribution in [2.75, 3.05) is 11.9 Å². The number of nitrogens with one attached hydrogen (secondary N) is 1. The molecule has 2 rings (SSSR count). The van der Waals surface area contributed by atoms with Gasteiger partial charge < -0.3 is 15.2 Å². The molecule has 0 aromatic heterocycles. The van der Waals surface area contributed by atoms with E-state index in [4.69, 9.17) is 9.84 Å². The Bertz CT molecular complexity index is 437. The summed E-state index contributed by atoms with van der Waals surface area (Å²) in [5.74, 6) is -0.564. The SMILES string of the molecule is O=C(COC(=O)C1CCC1)Nc1ccc(O)cc1. The van der Waals surface area contributed by atoms with Crippen LogP contribution in [0.25, 0.3) is 0 Å². The maximum absolute atomic E-state index is 11.5. The van der Waals surface area contributed by atoms with Crippen molar-refractivity contribution in [2.24, 2.45) is 5.92 Å². The van der Waals surface area contributed by atoms with E-state index in [0.717, 1.165) is 19.3 Å². The molecule has 0 radical (unpaired) electrons. The first-order chi connectivity index (χ1) is 8.65. The molecule has 5 nitrogen and oxygen atoms in total. The van der Waals surface area contributed by atoms with Crippen molar-refractivity contribution in [1.29, 1.82) is 0 Å². The van der Waals surface area contributed by atoms with Gasteiger partial charge in [0.2, 0.25) is 0 Å². The Kier molecular flexibility index (Phi) is 3.82. The molecule has 1 saturated carbocycles. The van der Waals surface area contributed by atoms with E-state index in [9.17, 15) is 9.59 Å². The number of carbonyl (C=O) groups excluding carboxylic acids is 2. The van der Waals surface area contributed by atoms with E-state index >= 15 is 0 Å². The first-order valence-electron chi connectivity index (χ1n) is 5.90. The van der Waals surface area contributed by atoms with Crippen LogP contribution in [0.2, 0.25) is 0 Å². The normalized spacial score (nSPS) is 14.7. The number of amides is 1. The summed E-state index contributed by atoms with van der Waals surface area (Å²) in [6, 6.07) is 6.08. The third-order valence-corrected chi connectivity index (χ3v) is 2.94. The molecule has 1 aromatic carbocycles. The second-order valence-electron chi connectivity index (χ2n) is 4.33. The number of ether oxygens (including phenoxy) is 1. The molecule has 1 amide bonds. The average molecular weight is 249 g/mol. The highest BCUT2D eigenvalue weighted by atomic mass is 16.5. The minimum Gasteiger partial charge on any atom is -0.508 e. The van der Waals surface area contributed by atoms with Crippen LogP contribution in [0.1, 0.15) is 19.3 Å². The summed E-state index contributed by atoms with van der Waals surface area (Å²) < 4.78 is 4.90. The van der Waals surface area contributed by atoms with Crippen LogP contribution in [0.15, 0.2) is 24.3 Å². The van der Waals surface area contributed by atoms with E-state index in [1.807, 2.05) is 0 Å². The Hall–Kier alpha value is -2.04. The average Bonchev–Trinajstić information content (AvgIpc) is 2.27. The van der Waals surface area contributed by atoms with E-state index in [0.29, 0.717) is 5.69 Å². The Morgan fingerprint density at radius 1 is 1.28 bits per heavy atom. The molecule has 0 spiro atoms. The predicted octanol–water partition coefficient (Wildman–Crippen LogP) is 1.67. The van der Waals surface area contributed by atoms with E-state index in [-0.39, 0.29) is 30.2 Å². The van der Waals surface area contributed by atoms with E-state index in [1.165, 1.54) is 12.1 Å². The minimum atomic E-state index is -0.381. The van der Waals surface area contributed by atoms with Gasteiger partial charge in [0.05, 0.1) is 5.92 Å². The second-order valence-corrected chi connectivity index (χ2v) is 4.33. The minimum absolute atomic E-state index is 0.0218. The lowest BCUT2D eigenvalue weighted by Crippen LogP contribution is -2.28. The van der Waals surface area contributed by atoms with Crippen LogP contribution < -0.4 is 5.32 Å². The Balaban J connectivity index is 1.74. The summed E-state index contributed by atoms with van der Waals surface area (Å²) in [6.45, 7) is -0.268. The fourth-order valence-electron chi connectivity index (χ4n) is 1.64. The topological polar surface area (TPSA) is 75.6 Å². The largest absolute Gasteiger partial charge is 0.508 e. The molecular weight excluding hydrogens is 234 g/mol. The van der Waals surface area contributed by atoms with Gasteiger partial charge in [0.15, 0.2) is 6.61 Å². The summed E-state index contributed by atoms with van der Waals surface area (Å²) in [6.07, 6.45) is 2.77. The molecule has 1 aromatic rings. The Morgan fingerprint density at radius 2 is 1.94 bits per heavy atom.